The predicted octanol–water partition coefficient (Wildman–Crippen LogP) is 3.58. The van der Waals surface area contributed by atoms with Crippen molar-refractivity contribution in [2.45, 2.75) is 69.1 Å². The average molecular weight is 227 g/mol. The van der Waals surface area contributed by atoms with Gasteiger partial charge in [0.25, 0.3) is 0 Å². The first-order chi connectivity index (χ1) is 7.29. The second kappa shape index (κ2) is 5.58. The molecular formula is C13H25NS. The Morgan fingerprint density at radius 3 is 2.87 bits per heavy atom. The molecule has 88 valence electrons. The first kappa shape index (κ1) is 11.8. The van der Waals surface area contributed by atoms with Gasteiger partial charge in [-0.05, 0) is 57.7 Å². The van der Waals surface area contributed by atoms with Crippen LogP contribution in [-0.2, 0) is 0 Å². The van der Waals surface area contributed by atoms with Gasteiger partial charge < -0.3 is 5.32 Å². The summed E-state index contributed by atoms with van der Waals surface area (Å²) in [6, 6.07) is 0. The van der Waals surface area contributed by atoms with Gasteiger partial charge in [-0.1, -0.05) is 12.8 Å². The summed E-state index contributed by atoms with van der Waals surface area (Å²) in [7, 11) is 0. The molecule has 2 heterocycles. The monoisotopic (exact) mass is 227 g/mol. The zero-order chi connectivity index (χ0) is 10.6. The van der Waals surface area contributed by atoms with Gasteiger partial charge in [0.05, 0.1) is 0 Å². The van der Waals surface area contributed by atoms with Gasteiger partial charge >= 0.3 is 0 Å². The third kappa shape index (κ3) is 3.67. The Hall–Kier alpha value is 0.310. The van der Waals surface area contributed by atoms with Gasteiger partial charge in [0.15, 0.2) is 0 Å². The highest BCUT2D eigenvalue weighted by Gasteiger charge is 2.27. The Balaban J connectivity index is 1.70. The van der Waals surface area contributed by atoms with E-state index in [1.807, 2.05) is 0 Å². The van der Waals surface area contributed by atoms with E-state index < -0.39 is 0 Å². The first-order valence-corrected chi connectivity index (χ1v) is 7.70. The molecule has 0 spiro atoms. The third-order valence-electron chi connectivity index (χ3n) is 4.00. The van der Waals surface area contributed by atoms with E-state index in [1.165, 1.54) is 63.7 Å². The summed E-state index contributed by atoms with van der Waals surface area (Å²) in [4.78, 5) is 0. The van der Waals surface area contributed by atoms with Crippen molar-refractivity contribution in [2.24, 2.45) is 0 Å². The van der Waals surface area contributed by atoms with E-state index in [2.05, 4.69) is 24.0 Å². The topological polar surface area (TPSA) is 12.0 Å². The van der Waals surface area contributed by atoms with Gasteiger partial charge in [0.1, 0.15) is 0 Å². The largest absolute Gasteiger partial charge is 0.312 e. The quantitative estimate of drug-likeness (QED) is 0.791. The molecule has 1 nitrogen and oxygen atoms in total. The minimum Gasteiger partial charge on any atom is -0.312 e. The summed E-state index contributed by atoms with van der Waals surface area (Å²) in [5.74, 6) is 1.41. The van der Waals surface area contributed by atoms with Crippen LogP contribution < -0.4 is 5.32 Å². The Bertz CT molecular complexity index is 181. The molecule has 0 saturated carbocycles. The Labute approximate surface area is 98.8 Å². The maximum Gasteiger partial charge on any atom is 0.0153 e. The maximum absolute atomic E-state index is 3.73. The van der Waals surface area contributed by atoms with Crippen molar-refractivity contribution in [3.63, 3.8) is 0 Å². The maximum atomic E-state index is 3.73. The summed E-state index contributed by atoms with van der Waals surface area (Å²) in [6.45, 7) is 3.67. The Kier molecular flexibility index (Phi) is 4.39. The normalized spacial score (nSPS) is 37.8. The second-order valence-corrected chi connectivity index (χ2v) is 6.88. The fourth-order valence-corrected chi connectivity index (χ4v) is 4.17. The van der Waals surface area contributed by atoms with Gasteiger partial charge in [-0.3, -0.25) is 0 Å². The van der Waals surface area contributed by atoms with Crippen LogP contribution in [0.4, 0.5) is 0 Å². The fourth-order valence-electron chi connectivity index (χ4n) is 2.85. The molecule has 0 radical (unpaired) electrons. The second-order valence-electron chi connectivity index (χ2n) is 5.47. The summed E-state index contributed by atoms with van der Waals surface area (Å²) < 4.78 is 0. The standard InChI is InChI=1S/C13H25NS/c1-13(8-3-4-10-14-13)9-7-12-6-2-5-11-15-12/h12,14H,2-11H2,1H3. The van der Waals surface area contributed by atoms with E-state index in [4.69, 9.17) is 0 Å². The number of hydrogen-bond acceptors (Lipinski definition) is 2. The Morgan fingerprint density at radius 1 is 1.27 bits per heavy atom. The molecule has 0 aromatic carbocycles. The van der Waals surface area contributed by atoms with Crippen molar-refractivity contribution < 1.29 is 0 Å². The van der Waals surface area contributed by atoms with Crippen LogP contribution in [0.2, 0.25) is 0 Å². The smallest absolute Gasteiger partial charge is 0.0153 e. The van der Waals surface area contributed by atoms with Gasteiger partial charge in [0.2, 0.25) is 0 Å². The molecule has 0 amide bonds. The lowest BCUT2D eigenvalue weighted by Gasteiger charge is -2.36. The summed E-state index contributed by atoms with van der Waals surface area (Å²) >= 11 is 2.22. The average Bonchev–Trinajstić information content (AvgIpc) is 2.29. The van der Waals surface area contributed by atoms with Gasteiger partial charge in [-0.2, -0.15) is 11.8 Å². The molecule has 2 unspecified atom stereocenters. The van der Waals surface area contributed by atoms with Gasteiger partial charge in [-0.15, -0.1) is 0 Å². The summed E-state index contributed by atoms with van der Waals surface area (Å²) in [5.41, 5.74) is 0.469. The lowest BCUT2D eigenvalue weighted by molar-refractivity contribution is 0.254. The van der Waals surface area contributed by atoms with Crippen LogP contribution >= 0.6 is 11.8 Å². The minimum absolute atomic E-state index is 0.469. The van der Waals surface area contributed by atoms with Crippen LogP contribution in [0, 0.1) is 0 Å². The van der Waals surface area contributed by atoms with Crippen molar-refractivity contribution in [3.8, 4) is 0 Å². The molecule has 0 bridgehead atoms. The SMILES string of the molecule is CC1(CCC2CCCCS2)CCCCN1. The van der Waals surface area contributed by atoms with Gasteiger partial charge in [-0.25, -0.2) is 0 Å². The molecule has 0 aromatic heterocycles. The van der Waals surface area contributed by atoms with Crippen LogP contribution in [0.15, 0.2) is 0 Å². The van der Waals surface area contributed by atoms with Crippen LogP contribution in [-0.4, -0.2) is 23.1 Å². The number of thioether (sulfide) groups is 1. The molecule has 2 aliphatic heterocycles. The highest BCUT2D eigenvalue weighted by atomic mass is 32.2. The first-order valence-electron chi connectivity index (χ1n) is 6.65. The molecule has 2 rings (SSSR count). The molecule has 0 aliphatic carbocycles. The molecule has 2 aliphatic rings. The molecule has 0 aromatic rings. The number of rotatable bonds is 3. The van der Waals surface area contributed by atoms with E-state index in [1.54, 1.807) is 0 Å². The highest BCUT2D eigenvalue weighted by Crippen LogP contribution is 2.32. The lowest BCUT2D eigenvalue weighted by Crippen LogP contribution is -2.46. The van der Waals surface area contributed by atoms with Crippen molar-refractivity contribution >= 4 is 11.8 Å². The van der Waals surface area contributed by atoms with Crippen LogP contribution in [0.1, 0.15) is 58.3 Å². The van der Waals surface area contributed by atoms with E-state index in [0.29, 0.717) is 5.54 Å². The lowest BCUT2D eigenvalue weighted by atomic mass is 9.86. The fraction of sp³-hybridized carbons (Fsp3) is 1.00. The molecular weight excluding hydrogens is 202 g/mol. The van der Waals surface area contributed by atoms with Gasteiger partial charge in [0, 0.05) is 10.8 Å². The van der Waals surface area contributed by atoms with E-state index >= 15 is 0 Å². The third-order valence-corrected chi connectivity index (χ3v) is 5.47. The molecule has 2 atom stereocenters. The number of nitrogens with one attached hydrogen (secondary N) is 1. The van der Waals surface area contributed by atoms with Crippen LogP contribution in [0.25, 0.3) is 0 Å². The summed E-state index contributed by atoms with van der Waals surface area (Å²) in [5, 5.41) is 4.70. The number of piperidine rings is 1. The zero-order valence-corrected chi connectivity index (χ0v) is 10.9. The molecule has 2 saturated heterocycles. The van der Waals surface area contributed by atoms with E-state index in [9.17, 15) is 0 Å². The van der Waals surface area contributed by atoms with Crippen molar-refractivity contribution in [1.82, 2.24) is 5.32 Å². The molecule has 1 N–H and O–H groups in total. The molecule has 15 heavy (non-hydrogen) atoms. The Morgan fingerprint density at radius 2 is 2.20 bits per heavy atom. The zero-order valence-electron chi connectivity index (χ0n) is 10.1. The number of hydrogen-bond donors (Lipinski definition) is 1. The minimum atomic E-state index is 0.469. The molecule has 2 heteroatoms. The predicted molar refractivity (Wildman–Crippen MR) is 69.6 cm³/mol. The highest BCUT2D eigenvalue weighted by molar-refractivity contribution is 7.99. The van der Waals surface area contributed by atoms with Crippen molar-refractivity contribution in [2.75, 3.05) is 12.3 Å². The van der Waals surface area contributed by atoms with Crippen molar-refractivity contribution in [3.05, 3.63) is 0 Å². The van der Waals surface area contributed by atoms with E-state index in [0.717, 1.165) is 5.25 Å². The van der Waals surface area contributed by atoms with E-state index in [-0.39, 0.29) is 0 Å². The summed E-state index contributed by atoms with van der Waals surface area (Å²) in [6.07, 6.45) is 11.4. The van der Waals surface area contributed by atoms with Crippen LogP contribution in [0.3, 0.4) is 0 Å². The molecule has 2 fully saturated rings. The van der Waals surface area contributed by atoms with Crippen LogP contribution in [0.5, 0.6) is 0 Å². The van der Waals surface area contributed by atoms with Crippen molar-refractivity contribution in [1.29, 1.82) is 0 Å².